The molecule has 1 atom stereocenters. The van der Waals surface area contributed by atoms with Gasteiger partial charge in [-0.3, -0.25) is 4.79 Å². The molecular formula is C16H23BrN2O. The van der Waals surface area contributed by atoms with Crippen molar-refractivity contribution < 1.29 is 4.79 Å². The average molecular weight is 339 g/mol. The molecule has 1 saturated heterocycles. The molecule has 2 rings (SSSR count). The zero-order valence-corrected chi connectivity index (χ0v) is 13.9. The van der Waals surface area contributed by atoms with Crippen LogP contribution in [-0.4, -0.2) is 36.5 Å². The van der Waals surface area contributed by atoms with Gasteiger partial charge in [0.1, 0.15) is 0 Å². The molecule has 20 heavy (non-hydrogen) atoms. The van der Waals surface area contributed by atoms with Gasteiger partial charge in [0.15, 0.2) is 0 Å². The van der Waals surface area contributed by atoms with Crippen molar-refractivity contribution in [2.45, 2.75) is 39.2 Å². The van der Waals surface area contributed by atoms with Crippen LogP contribution < -0.4 is 5.32 Å². The van der Waals surface area contributed by atoms with E-state index in [1.54, 1.807) is 0 Å². The van der Waals surface area contributed by atoms with E-state index < -0.39 is 0 Å². The predicted octanol–water partition coefficient (Wildman–Crippen LogP) is 3.36. The molecule has 1 aliphatic rings. The second kappa shape index (κ2) is 7.23. The molecular weight excluding hydrogens is 316 g/mol. The molecule has 1 fully saturated rings. The lowest BCUT2D eigenvalue weighted by Crippen LogP contribution is -2.43. The second-order valence-electron chi connectivity index (χ2n) is 5.75. The van der Waals surface area contributed by atoms with E-state index in [9.17, 15) is 4.79 Å². The van der Waals surface area contributed by atoms with E-state index >= 15 is 0 Å². The molecule has 1 amide bonds. The lowest BCUT2D eigenvalue weighted by atomic mass is 10.1. The van der Waals surface area contributed by atoms with Gasteiger partial charge in [-0.15, -0.1) is 0 Å². The smallest absolute Gasteiger partial charge is 0.251 e. The van der Waals surface area contributed by atoms with Crippen molar-refractivity contribution in [3.05, 3.63) is 33.8 Å². The van der Waals surface area contributed by atoms with Crippen molar-refractivity contribution in [1.29, 1.82) is 0 Å². The summed E-state index contributed by atoms with van der Waals surface area (Å²) >= 11 is 3.44. The maximum Gasteiger partial charge on any atom is 0.251 e. The maximum absolute atomic E-state index is 12.3. The van der Waals surface area contributed by atoms with Gasteiger partial charge in [-0.2, -0.15) is 0 Å². The first kappa shape index (κ1) is 15.5. The van der Waals surface area contributed by atoms with E-state index in [-0.39, 0.29) is 11.9 Å². The summed E-state index contributed by atoms with van der Waals surface area (Å²) in [5.74, 6) is 0.0129. The molecule has 3 nitrogen and oxygen atoms in total. The van der Waals surface area contributed by atoms with Crippen molar-refractivity contribution in [3.63, 3.8) is 0 Å². The SMILES string of the molecule is Cc1cc(Br)cc(C(=O)NC(C)CN2CCCCC2)c1. The minimum Gasteiger partial charge on any atom is -0.348 e. The monoisotopic (exact) mass is 338 g/mol. The first-order valence-corrected chi connectivity index (χ1v) is 8.14. The number of rotatable bonds is 4. The molecule has 1 unspecified atom stereocenters. The highest BCUT2D eigenvalue weighted by molar-refractivity contribution is 9.10. The Balaban J connectivity index is 1.89. The van der Waals surface area contributed by atoms with Crippen LogP contribution in [0, 0.1) is 6.92 Å². The van der Waals surface area contributed by atoms with Gasteiger partial charge in [0.25, 0.3) is 5.91 Å². The average Bonchev–Trinajstić information content (AvgIpc) is 2.38. The molecule has 0 radical (unpaired) electrons. The zero-order chi connectivity index (χ0) is 14.5. The number of benzene rings is 1. The third kappa shape index (κ3) is 4.60. The van der Waals surface area contributed by atoms with E-state index in [0.29, 0.717) is 0 Å². The van der Waals surface area contributed by atoms with E-state index in [2.05, 4.69) is 33.1 Å². The normalized spacial score (nSPS) is 17.8. The largest absolute Gasteiger partial charge is 0.348 e. The fraction of sp³-hybridized carbons (Fsp3) is 0.562. The fourth-order valence-corrected chi connectivity index (χ4v) is 3.36. The number of carbonyl (C=O) groups is 1. The third-order valence-corrected chi connectivity index (χ3v) is 4.12. The van der Waals surface area contributed by atoms with Gasteiger partial charge < -0.3 is 10.2 Å². The number of carbonyl (C=O) groups excluding carboxylic acids is 1. The molecule has 0 aliphatic carbocycles. The number of amides is 1. The zero-order valence-electron chi connectivity index (χ0n) is 12.3. The van der Waals surface area contributed by atoms with Gasteiger partial charge in [0.05, 0.1) is 0 Å². The van der Waals surface area contributed by atoms with Crippen LogP contribution in [0.1, 0.15) is 42.1 Å². The Kier molecular flexibility index (Phi) is 5.61. The fourth-order valence-electron chi connectivity index (χ4n) is 2.75. The Labute approximate surface area is 129 Å². The molecule has 0 saturated carbocycles. The molecule has 0 spiro atoms. The molecule has 1 aromatic rings. The van der Waals surface area contributed by atoms with E-state index in [4.69, 9.17) is 0 Å². The van der Waals surface area contributed by atoms with Gasteiger partial charge in [-0.25, -0.2) is 0 Å². The molecule has 1 heterocycles. The van der Waals surface area contributed by atoms with E-state index in [1.165, 1.54) is 19.3 Å². The van der Waals surface area contributed by atoms with Gasteiger partial charge in [-0.05, 0) is 63.5 Å². The van der Waals surface area contributed by atoms with Crippen LogP contribution in [0.4, 0.5) is 0 Å². The van der Waals surface area contributed by atoms with Crippen molar-refractivity contribution in [2.24, 2.45) is 0 Å². The lowest BCUT2D eigenvalue weighted by molar-refractivity contribution is 0.0925. The van der Waals surface area contributed by atoms with E-state index in [1.807, 2.05) is 25.1 Å². The maximum atomic E-state index is 12.3. The number of piperidine rings is 1. The number of halogens is 1. The molecule has 0 bridgehead atoms. The first-order valence-electron chi connectivity index (χ1n) is 7.35. The van der Waals surface area contributed by atoms with Gasteiger partial charge in [0.2, 0.25) is 0 Å². The van der Waals surface area contributed by atoms with Crippen molar-refractivity contribution in [3.8, 4) is 0 Å². The van der Waals surface area contributed by atoms with Crippen molar-refractivity contribution >= 4 is 21.8 Å². The topological polar surface area (TPSA) is 32.3 Å². The number of likely N-dealkylation sites (tertiary alicyclic amines) is 1. The Hall–Kier alpha value is -0.870. The Bertz CT molecular complexity index is 449. The van der Waals surface area contributed by atoms with Gasteiger partial charge >= 0.3 is 0 Å². The van der Waals surface area contributed by atoms with Crippen molar-refractivity contribution in [2.75, 3.05) is 19.6 Å². The Morgan fingerprint density at radius 3 is 2.65 bits per heavy atom. The molecule has 110 valence electrons. The Morgan fingerprint density at radius 1 is 1.30 bits per heavy atom. The van der Waals surface area contributed by atoms with E-state index in [0.717, 1.165) is 35.2 Å². The molecule has 0 aromatic heterocycles. The molecule has 1 N–H and O–H groups in total. The first-order chi connectivity index (χ1) is 9.54. The standard InChI is InChI=1S/C16H23BrN2O/c1-12-8-14(10-15(17)9-12)16(20)18-13(2)11-19-6-4-3-5-7-19/h8-10,13H,3-7,11H2,1-2H3,(H,18,20). The summed E-state index contributed by atoms with van der Waals surface area (Å²) in [7, 11) is 0. The van der Waals surface area contributed by atoms with Crippen LogP contribution in [0.5, 0.6) is 0 Å². The summed E-state index contributed by atoms with van der Waals surface area (Å²) in [5, 5.41) is 3.10. The van der Waals surface area contributed by atoms with Crippen LogP contribution >= 0.6 is 15.9 Å². The van der Waals surface area contributed by atoms with Crippen LogP contribution in [0.3, 0.4) is 0 Å². The number of hydrogen-bond donors (Lipinski definition) is 1. The van der Waals surface area contributed by atoms with Crippen molar-refractivity contribution in [1.82, 2.24) is 10.2 Å². The summed E-state index contributed by atoms with van der Waals surface area (Å²) < 4.78 is 0.950. The summed E-state index contributed by atoms with van der Waals surface area (Å²) in [5.41, 5.74) is 1.82. The Morgan fingerprint density at radius 2 is 2.00 bits per heavy atom. The minimum absolute atomic E-state index is 0.0129. The number of nitrogens with one attached hydrogen (secondary N) is 1. The van der Waals surface area contributed by atoms with Crippen LogP contribution in [0.25, 0.3) is 0 Å². The van der Waals surface area contributed by atoms with Crippen LogP contribution in [-0.2, 0) is 0 Å². The summed E-state index contributed by atoms with van der Waals surface area (Å²) in [6, 6.07) is 5.98. The molecule has 1 aliphatic heterocycles. The van der Waals surface area contributed by atoms with Gasteiger partial charge in [-0.1, -0.05) is 22.4 Å². The molecule has 4 heteroatoms. The minimum atomic E-state index is 0.0129. The van der Waals surface area contributed by atoms with Crippen LogP contribution in [0.2, 0.25) is 0 Å². The summed E-state index contributed by atoms with van der Waals surface area (Å²) in [4.78, 5) is 14.7. The number of nitrogens with zero attached hydrogens (tertiary/aromatic N) is 1. The quantitative estimate of drug-likeness (QED) is 0.912. The summed E-state index contributed by atoms with van der Waals surface area (Å²) in [6.07, 6.45) is 3.91. The highest BCUT2D eigenvalue weighted by Crippen LogP contribution is 2.15. The predicted molar refractivity (Wildman–Crippen MR) is 86.1 cm³/mol. The highest BCUT2D eigenvalue weighted by atomic mass is 79.9. The van der Waals surface area contributed by atoms with Crippen LogP contribution in [0.15, 0.2) is 22.7 Å². The number of aryl methyl sites for hydroxylation is 1. The highest BCUT2D eigenvalue weighted by Gasteiger charge is 2.16. The second-order valence-corrected chi connectivity index (χ2v) is 6.67. The molecule has 1 aromatic carbocycles. The third-order valence-electron chi connectivity index (χ3n) is 3.66. The summed E-state index contributed by atoms with van der Waals surface area (Å²) in [6.45, 7) is 7.35. The number of hydrogen-bond acceptors (Lipinski definition) is 2. The lowest BCUT2D eigenvalue weighted by Gasteiger charge is -2.29. The van der Waals surface area contributed by atoms with Gasteiger partial charge in [0, 0.05) is 22.6 Å².